The first-order chi connectivity index (χ1) is 13.1. The van der Waals surface area contributed by atoms with Crippen molar-refractivity contribution in [3.63, 3.8) is 0 Å². The number of hydrogen-bond acceptors (Lipinski definition) is 4. The summed E-state index contributed by atoms with van der Waals surface area (Å²) in [5, 5.41) is 6.44. The monoisotopic (exact) mass is 497 g/mol. The van der Waals surface area contributed by atoms with E-state index in [-0.39, 0.29) is 29.9 Å². The average molecular weight is 497 g/mol. The van der Waals surface area contributed by atoms with E-state index in [0.29, 0.717) is 25.3 Å². The van der Waals surface area contributed by atoms with E-state index < -0.39 is 0 Å². The van der Waals surface area contributed by atoms with Crippen LogP contribution in [0.4, 0.5) is 0 Å². The number of pyridine rings is 1. The number of aliphatic imine (C=N–C) groups is 1. The van der Waals surface area contributed by atoms with Crippen molar-refractivity contribution in [3.05, 3.63) is 59.9 Å². The maximum absolute atomic E-state index is 11.9. The molecule has 0 saturated carbocycles. The fraction of sp³-hybridized carbons (Fsp3) is 0.350. The number of nitrogens with zero attached hydrogens (tertiary/aromatic N) is 3. The third-order valence-electron chi connectivity index (χ3n) is 3.67. The summed E-state index contributed by atoms with van der Waals surface area (Å²) in [7, 11) is 3.49. The molecule has 0 aliphatic rings. The fourth-order valence-corrected chi connectivity index (χ4v) is 2.29. The minimum Gasteiger partial charge on any atom is -0.490 e. The second-order valence-corrected chi connectivity index (χ2v) is 6.06. The number of carbonyl (C=O) groups is 1. The van der Waals surface area contributed by atoms with Crippen LogP contribution in [0.3, 0.4) is 0 Å². The molecule has 0 spiro atoms. The van der Waals surface area contributed by atoms with Gasteiger partial charge in [0, 0.05) is 32.4 Å². The number of guanidine groups is 1. The highest BCUT2D eigenvalue weighted by atomic mass is 127. The van der Waals surface area contributed by atoms with Crippen molar-refractivity contribution in [2.45, 2.75) is 13.5 Å². The lowest BCUT2D eigenvalue weighted by molar-refractivity contribution is 0.0827. The summed E-state index contributed by atoms with van der Waals surface area (Å²) in [6, 6.07) is 11.2. The summed E-state index contributed by atoms with van der Waals surface area (Å²) in [5.74, 6) is 1.46. The smallest absolute Gasteiger partial charge is 0.253 e. The molecular weight excluding hydrogens is 469 g/mol. The molecule has 0 saturated heterocycles. The van der Waals surface area contributed by atoms with Crippen LogP contribution in [0.15, 0.2) is 53.8 Å². The van der Waals surface area contributed by atoms with Crippen molar-refractivity contribution < 1.29 is 9.53 Å². The number of benzene rings is 1. The molecule has 1 aromatic heterocycles. The van der Waals surface area contributed by atoms with Gasteiger partial charge in [0.25, 0.3) is 5.91 Å². The molecule has 152 valence electrons. The van der Waals surface area contributed by atoms with E-state index in [1.807, 2.05) is 43.3 Å². The van der Waals surface area contributed by atoms with Gasteiger partial charge in [0.15, 0.2) is 5.96 Å². The van der Waals surface area contributed by atoms with Crippen molar-refractivity contribution in [1.82, 2.24) is 20.5 Å². The molecule has 8 heteroatoms. The van der Waals surface area contributed by atoms with Crippen LogP contribution in [-0.2, 0) is 6.54 Å². The zero-order chi connectivity index (χ0) is 19.5. The Bertz CT molecular complexity index is 736. The first-order valence-electron chi connectivity index (χ1n) is 8.95. The predicted octanol–water partition coefficient (Wildman–Crippen LogP) is 2.54. The van der Waals surface area contributed by atoms with Crippen molar-refractivity contribution in [1.29, 1.82) is 0 Å². The van der Waals surface area contributed by atoms with Crippen molar-refractivity contribution in [3.8, 4) is 5.75 Å². The Morgan fingerprint density at radius 3 is 2.54 bits per heavy atom. The van der Waals surface area contributed by atoms with Crippen molar-refractivity contribution >= 4 is 35.8 Å². The van der Waals surface area contributed by atoms with Gasteiger partial charge >= 0.3 is 0 Å². The summed E-state index contributed by atoms with van der Waals surface area (Å²) in [4.78, 5) is 22.1. The zero-order valence-electron chi connectivity index (χ0n) is 16.5. The van der Waals surface area contributed by atoms with Crippen molar-refractivity contribution in [2.75, 3.05) is 33.8 Å². The zero-order valence-corrected chi connectivity index (χ0v) is 18.8. The molecule has 0 radical (unpaired) electrons. The Morgan fingerprint density at radius 2 is 1.93 bits per heavy atom. The Balaban J connectivity index is 0.00000392. The second kappa shape index (κ2) is 12.9. The van der Waals surface area contributed by atoms with E-state index in [0.717, 1.165) is 23.8 Å². The SMILES string of the molecule is CCNC(=NCc1ccc(C(=O)N(C)C)cc1)NCCOc1cccnc1.I. The lowest BCUT2D eigenvalue weighted by atomic mass is 10.1. The Kier molecular flexibility index (Phi) is 10.9. The summed E-state index contributed by atoms with van der Waals surface area (Å²) in [6.07, 6.45) is 3.40. The summed E-state index contributed by atoms with van der Waals surface area (Å²) >= 11 is 0. The van der Waals surface area contributed by atoms with Crippen LogP contribution in [0.5, 0.6) is 5.75 Å². The lowest BCUT2D eigenvalue weighted by Gasteiger charge is -2.12. The Morgan fingerprint density at radius 1 is 1.18 bits per heavy atom. The summed E-state index contributed by atoms with van der Waals surface area (Å²) < 4.78 is 5.61. The van der Waals surface area contributed by atoms with Gasteiger partial charge in [-0.3, -0.25) is 9.78 Å². The molecule has 1 aromatic carbocycles. The molecule has 0 unspecified atom stereocenters. The highest BCUT2D eigenvalue weighted by molar-refractivity contribution is 14.0. The van der Waals surface area contributed by atoms with Crippen LogP contribution in [0.2, 0.25) is 0 Å². The average Bonchev–Trinajstić information content (AvgIpc) is 2.69. The third kappa shape index (κ3) is 8.12. The molecule has 0 bridgehead atoms. The highest BCUT2D eigenvalue weighted by Crippen LogP contribution is 2.08. The molecule has 0 fully saturated rings. The maximum atomic E-state index is 11.9. The molecule has 0 atom stereocenters. The number of rotatable bonds is 8. The number of hydrogen-bond donors (Lipinski definition) is 2. The minimum absolute atomic E-state index is 0. The van der Waals surface area contributed by atoms with Gasteiger partial charge in [0.2, 0.25) is 0 Å². The van der Waals surface area contributed by atoms with Crippen LogP contribution >= 0.6 is 24.0 Å². The molecule has 0 aliphatic heterocycles. The molecule has 7 nitrogen and oxygen atoms in total. The number of aromatic nitrogens is 1. The highest BCUT2D eigenvalue weighted by Gasteiger charge is 2.07. The van der Waals surface area contributed by atoms with Gasteiger partial charge in [-0.25, -0.2) is 4.99 Å². The van der Waals surface area contributed by atoms with Crippen LogP contribution in [0, 0.1) is 0 Å². The topological polar surface area (TPSA) is 78.9 Å². The normalized spacial score (nSPS) is 10.6. The number of ether oxygens (including phenoxy) is 1. The van der Waals surface area contributed by atoms with E-state index in [1.54, 1.807) is 31.4 Å². The van der Waals surface area contributed by atoms with Crippen LogP contribution in [-0.4, -0.2) is 55.5 Å². The standard InChI is InChI=1S/C20H27N5O2.HI/c1-4-22-20(23-12-13-27-18-6-5-11-21-15-18)24-14-16-7-9-17(10-8-16)19(26)25(2)3;/h5-11,15H,4,12-14H2,1-3H3,(H2,22,23,24);1H. The second-order valence-electron chi connectivity index (χ2n) is 6.06. The minimum atomic E-state index is -0.00586. The van der Waals surface area contributed by atoms with Crippen molar-refractivity contribution in [2.24, 2.45) is 4.99 Å². The number of carbonyl (C=O) groups excluding carboxylic acids is 1. The summed E-state index contributed by atoms with van der Waals surface area (Å²) in [6.45, 7) is 4.44. The maximum Gasteiger partial charge on any atom is 0.253 e. The summed E-state index contributed by atoms with van der Waals surface area (Å²) in [5.41, 5.74) is 1.71. The van der Waals surface area contributed by atoms with Gasteiger partial charge in [-0.05, 0) is 36.8 Å². The van der Waals surface area contributed by atoms with Gasteiger partial charge in [-0.2, -0.15) is 0 Å². The van der Waals surface area contributed by atoms with Gasteiger partial charge in [-0.1, -0.05) is 12.1 Å². The Hall–Kier alpha value is -2.36. The molecule has 1 amide bonds. The van der Waals surface area contributed by atoms with Crippen LogP contribution in [0.1, 0.15) is 22.8 Å². The van der Waals surface area contributed by atoms with E-state index in [2.05, 4.69) is 20.6 Å². The number of amides is 1. The van der Waals surface area contributed by atoms with E-state index in [9.17, 15) is 4.79 Å². The van der Waals surface area contributed by atoms with E-state index in [1.165, 1.54) is 0 Å². The molecule has 2 N–H and O–H groups in total. The van der Waals surface area contributed by atoms with Gasteiger partial charge in [0.05, 0.1) is 19.3 Å². The predicted molar refractivity (Wildman–Crippen MR) is 122 cm³/mol. The van der Waals surface area contributed by atoms with Gasteiger partial charge < -0.3 is 20.3 Å². The molecule has 28 heavy (non-hydrogen) atoms. The van der Waals surface area contributed by atoms with Crippen LogP contribution < -0.4 is 15.4 Å². The van der Waals surface area contributed by atoms with E-state index >= 15 is 0 Å². The molecular formula is C20H28IN5O2. The van der Waals surface area contributed by atoms with Gasteiger partial charge in [-0.15, -0.1) is 24.0 Å². The first kappa shape index (κ1) is 23.7. The Labute approximate surface area is 183 Å². The van der Waals surface area contributed by atoms with E-state index in [4.69, 9.17) is 4.74 Å². The molecule has 2 rings (SSSR count). The lowest BCUT2D eigenvalue weighted by Crippen LogP contribution is -2.39. The molecule has 1 heterocycles. The number of halogens is 1. The number of nitrogens with one attached hydrogen (secondary N) is 2. The molecule has 0 aliphatic carbocycles. The quantitative estimate of drug-likeness (QED) is 0.254. The largest absolute Gasteiger partial charge is 0.490 e. The van der Waals surface area contributed by atoms with Gasteiger partial charge in [0.1, 0.15) is 12.4 Å². The van der Waals surface area contributed by atoms with Crippen LogP contribution in [0.25, 0.3) is 0 Å². The molecule has 2 aromatic rings. The third-order valence-corrected chi connectivity index (χ3v) is 3.67. The fourth-order valence-electron chi connectivity index (χ4n) is 2.29. The first-order valence-corrected chi connectivity index (χ1v) is 8.95.